The van der Waals surface area contributed by atoms with E-state index in [1.54, 1.807) is 24.3 Å². The summed E-state index contributed by atoms with van der Waals surface area (Å²) in [5.41, 5.74) is 6.67. The number of pyridine rings is 1. The molecule has 144 valence electrons. The number of benzene rings is 1. The Labute approximate surface area is 159 Å². The smallest absolute Gasteiger partial charge is 0.414 e. The number of ether oxygens (including phenoxy) is 1. The third kappa shape index (κ3) is 5.26. The third-order valence-corrected chi connectivity index (χ3v) is 4.36. The predicted octanol–water partition coefficient (Wildman–Crippen LogP) is 4.10. The molecule has 3 rings (SSSR count). The van der Waals surface area contributed by atoms with Gasteiger partial charge in [-0.05, 0) is 42.7 Å². The molecule has 0 aliphatic carbocycles. The van der Waals surface area contributed by atoms with Crippen LogP contribution in [-0.2, 0) is 11.2 Å². The second kappa shape index (κ2) is 8.04. The molecule has 2 aromatic rings. The van der Waals surface area contributed by atoms with E-state index < -0.39 is 12.2 Å². The fourth-order valence-electron chi connectivity index (χ4n) is 2.73. The van der Waals surface area contributed by atoms with Gasteiger partial charge < -0.3 is 15.8 Å². The molecule has 0 saturated carbocycles. The zero-order chi connectivity index (χ0) is 19.4. The van der Waals surface area contributed by atoms with Gasteiger partial charge in [0.05, 0.1) is 16.8 Å². The second-order valence-corrected chi connectivity index (χ2v) is 6.62. The molecule has 0 radical (unpaired) electrons. The highest BCUT2D eigenvalue weighted by molar-refractivity contribution is 6.30. The molecule has 0 fully saturated rings. The summed E-state index contributed by atoms with van der Waals surface area (Å²) in [6, 6.07) is 7.75. The number of aliphatic imine (C=N–C) groups is 1. The number of amidine groups is 1. The van der Waals surface area contributed by atoms with Gasteiger partial charge in [-0.2, -0.15) is 13.2 Å². The topological polar surface area (TPSA) is 72.5 Å². The van der Waals surface area contributed by atoms with E-state index in [1.807, 2.05) is 0 Å². The van der Waals surface area contributed by atoms with E-state index in [4.69, 9.17) is 22.1 Å². The van der Waals surface area contributed by atoms with Crippen molar-refractivity contribution in [2.75, 3.05) is 11.9 Å². The maximum Gasteiger partial charge on any atom is 0.414 e. The standard InChI is InChI=1S/C18H18ClF3N4O/c19-12-4-8-15(24-9-12)16(18(20,21)22)25-13-5-1-11(2-6-13)3-7-14-10-27-17(23)26-14/h1-2,4-6,8-9,14,16,25H,3,7,10H2,(H2,23,26)/t14-,16?/m0/s1. The van der Waals surface area contributed by atoms with Crippen LogP contribution >= 0.6 is 11.6 Å². The average molecular weight is 399 g/mol. The minimum absolute atomic E-state index is 0.0217. The molecule has 1 aromatic carbocycles. The van der Waals surface area contributed by atoms with E-state index in [-0.39, 0.29) is 22.8 Å². The van der Waals surface area contributed by atoms with Crippen molar-refractivity contribution in [1.82, 2.24) is 4.98 Å². The Morgan fingerprint density at radius 1 is 1.22 bits per heavy atom. The van der Waals surface area contributed by atoms with Crippen molar-refractivity contribution in [2.24, 2.45) is 10.7 Å². The minimum Gasteiger partial charge on any atom is -0.463 e. The molecular weight excluding hydrogens is 381 g/mol. The van der Waals surface area contributed by atoms with Crippen LogP contribution < -0.4 is 11.1 Å². The Morgan fingerprint density at radius 2 is 1.96 bits per heavy atom. The summed E-state index contributed by atoms with van der Waals surface area (Å²) < 4.78 is 45.4. The van der Waals surface area contributed by atoms with Gasteiger partial charge in [-0.15, -0.1) is 0 Å². The third-order valence-electron chi connectivity index (χ3n) is 4.14. The van der Waals surface area contributed by atoms with Crippen molar-refractivity contribution in [2.45, 2.75) is 31.1 Å². The first-order valence-electron chi connectivity index (χ1n) is 8.31. The molecule has 1 aromatic heterocycles. The SMILES string of the molecule is NC1=N[C@@H](CCc2ccc(NC(c3ccc(Cl)cn3)C(F)(F)F)cc2)CO1. The number of aromatic nitrogens is 1. The summed E-state index contributed by atoms with van der Waals surface area (Å²) >= 11 is 5.71. The van der Waals surface area contributed by atoms with Crippen LogP contribution in [0.15, 0.2) is 47.6 Å². The zero-order valence-electron chi connectivity index (χ0n) is 14.2. The lowest BCUT2D eigenvalue weighted by Crippen LogP contribution is -2.28. The molecule has 1 aliphatic heterocycles. The fraction of sp³-hybridized carbons (Fsp3) is 0.333. The monoisotopic (exact) mass is 398 g/mol. The molecular formula is C18H18ClF3N4O. The molecule has 27 heavy (non-hydrogen) atoms. The number of nitrogens with two attached hydrogens (primary N) is 1. The van der Waals surface area contributed by atoms with Gasteiger partial charge in [-0.3, -0.25) is 4.98 Å². The van der Waals surface area contributed by atoms with Crippen molar-refractivity contribution in [3.63, 3.8) is 0 Å². The largest absolute Gasteiger partial charge is 0.463 e. The van der Waals surface area contributed by atoms with Crippen molar-refractivity contribution in [1.29, 1.82) is 0 Å². The lowest BCUT2D eigenvalue weighted by molar-refractivity contribution is -0.144. The summed E-state index contributed by atoms with van der Waals surface area (Å²) in [6.45, 7) is 0.465. The molecule has 2 heterocycles. The number of nitrogens with zero attached hydrogens (tertiary/aromatic N) is 2. The molecule has 0 spiro atoms. The van der Waals surface area contributed by atoms with Crippen molar-refractivity contribution < 1.29 is 17.9 Å². The van der Waals surface area contributed by atoms with Crippen molar-refractivity contribution in [3.05, 3.63) is 58.9 Å². The maximum atomic E-state index is 13.4. The van der Waals surface area contributed by atoms with Gasteiger partial charge in [-0.25, -0.2) is 4.99 Å². The number of hydrogen-bond donors (Lipinski definition) is 2. The number of nitrogens with one attached hydrogen (secondary N) is 1. The van der Waals surface area contributed by atoms with Crippen molar-refractivity contribution >= 4 is 23.3 Å². The fourth-order valence-corrected chi connectivity index (χ4v) is 2.84. The predicted molar refractivity (Wildman–Crippen MR) is 97.8 cm³/mol. The molecule has 3 N–H and O–H groups in total. The average Bonchev–Trinajstić information content (AvgIpc) is 3.04. The Morgan fingerprint density at radius 3 is 2.52 bits per heavy atom. The van der Waals surface area contributed by atoms with Crippen molar-refractivity contribution in [3.8, 4) is 0 Å². The van der Waals surface area contributed by atoms with E-state index >= 15 is 0 Å². The summed E-state index contributed by atoms with van der Waals surface area (Å²) in [7, 11) is 0. The molecule has 0 bridgehead atoms. The first-order chi connectivity index (χ1) is 12.8. The number of hydrogen-bond acceptors (Lipinski definition) is 5. The number of halogens is 4. The molecule has 2 atom stereocenters. The van der Waals surface area contributed by atoms with E-state index in [1.165, 1.54) is 18.3 Å². The van der Waals surface area contributed by atoms with E-state index in [0.29, 0.717) is 12.3 Å². The lowest BCUT2D eigenvalue weighted by Gasteiger charge is -2.22. The summed E-state index contributed by atoms with van der Waals surface area (Å²) in [4.78, 5) is 7.94. The molecule has 9 heteroatoms. The van der Waals surface area contributed by atoms with E-state index in [2.05, 4.69) is 15.3 Å². The van der Waals surface area contributed by atoms with Crippen LogP contribution in [0.1, 0.15) is 23.7 Å². The highest BCUT2D eigenvalue weighted by Crippen LogP contribution is 2.35. The highest BCUT2D eigenvalue weighted by atomic mass is 35.5. The maximum absolute atomic E-state index is 13.4. The van der Waals surface area contributed by atoms with E-state index in [0.717, 1.165) is 18.4 Å². The highest BCUT2D eigenvalue weighted by Gasteiger charge is 2.41. The Bertz CT molecular complexity index is 794. The van der Waals surface area contributed by atoms with E-state index in [9.17, 15) is 13.2 Å². The minimum atomic E-state index is -4.50. The number of alkyl halides is 3. The van der Waals surface area contributed by atoms with Crippen LogP contribution in [0, 0.1) is 0 Å². The van der Waals surface area contributed by atoms with Gasteiger partial charge >= 0.3 is 6.18 Å². The van der Waals surface area contributed by atoms with Gasteiger partial charge in [0.2, 0.25) is 0 Å². The molecule has 1 aliphatic rings. The van der Waals surface area contributed by atoms with Crippen LogP contribution in [0.25, 0.3) is 0 Å². The first-order valence-corrected chi connectivity index (χ1v) is 8.69. The van der Waals surface area contributed by atoms with Gasteiger partial charge in [0.25, 0.3) is 6.02 Å². The normalized spacial score (nSPS) is 17.9. The van der Waals surface area contributed by atoms with Gasteiger partial charge in [0, 0.05) is 11.9 Å². The number of aryl methyl sites for hydroxylation is 1. The summed E-state index contributed by atoms with van der Waals surface area (Å²) in [6.07, 6.45) is -1.82. The Kier molecular flexibility index (Phi) is 5.74. The van der Waals surface area contributed by atoms with Gasteiger partial charge in [-0.1, -0.05) is 23.7 Å². The van der Waals surface area contributed by atoms with Crippen LogP contribution in [0.5, 0.6) is 0 Å². The molecule has 0 amide bonds. The van der Waals surface area contributed by atoms with Gasteiger partial charge in [0.15, 0.2) is 6.04 Å². The van der Waals surface area contributed by atoms with Gasteiger partial charge in [0.1, 0.15) is 6.61 Å². The zero-order valence-corrected chi connectivity index (χ0v) is 15.0. The lowest BCUT2D eigenvalue weighted by atomic mass is 10.1. The number of rotatable bonds is 6. The molecule has 5 nitrogen and oxygen atoms in total. The summed E-state index contributed by atoms with van der Waals surface area (Å²) in [5.74, 6) is 0. The van der Waals surface area contributed by atoms with Crippen LogP contribution in [0.3, 0.4) is 0 Å². The number of anilines is 1. The molecule has 1 unspecified atom stereocenters. The molecule has 0 saturated heterocycles. The summed E-state index contributed by atoms with van der Waals surface area (Å²) in [5, 5.41) is 2.78. The Balaban J connectivity index is 1.65. The Hall–Kier alpha value is -2.48. The van der Waals surface area contributed by atoms with Crippen LogP contribution in [0.2, 0.25) is 5.02 Å². The van der Waals surface area contributed by atoms with Crippen LogP contribution in [0.4, 0.5) is 18.9 Å². The quantitative estimate of drug-likeness (QED) is 0.768. The second-order valence-electron chi connectivity index (χ2n) is 6.19. The first kappa shape index (κ1) is 19.3. The van der Waals surface area contributed by atoms with Crippen LogP contribution in [-0.4, -0.2) is 29.8 Å².